The number of halogens is 1. The van der Waals surface area contributed by atoms with Gasteiger partial charge in [-0.05, 0) is 6.42 Å². The summed E-state index contributed by atoms with van der Waals surface area (Å²) in [5, 5.41) is 7.80. The van der Waals surface area contributed by atoms with Crippen molar-refractivity contribution >= 4 is 0 Å². The van der Waals surface area contributed by atoms with Crippen LogP contribution in [0.5, 0.6) is 0 Å². The van der Waals surface area contributed by atoms with Crippen molar-refractivity contribution in [2.45, 2.75) is 13.3 Å². The smallest absolute Gasteiger partial charge is 0.110 e. The zero-order valence-corrected chi connectivity index (χ0v) is 4.11. The molecule has 0 atom stereocenters. The summed E-state index contributed by atoms with van der Waals surface area (Å²) < 4.78 is 11.8. The van der Waals surface area contributed by atoms with Gasteiger partial charge in [0.05, 0.1) is 6.07 Å². The number of hydrogen-bond acceptors (Lipinski definition) is 1. The molecule has 0 aromatic heterocycles. The van der Waals surface area contributed by atoms with E-state index in [1.54, 1.807) is 13.0 Å². The Morgan fingerprint density at radius 3 is 2.71 bits per heavy atom. The lowest BCUT2D eigenvalue weighted by Crippen LogP contribution is -1.63. The Labute approximate surface area is 42.1 Å². The van der Waals surface area contributed by atoms with E-state index >= 15 is 0 Å². The summed E-state index contributed by atoms with van der Waals surface area (Å²) in [6.45, 7) is 1.66. The Hall–Kier alpha value is -0.840. The van der Waals surface area contributed by atoms with E-state index in [-0.39, 0.29) is 5.83 Å². The highest BCUT2D eigenvalue weighted by Gasteiger charge is 1.82. The Bertz CT molecular complexity index is 110. The van der Waals surface area contributed by atoms with Crippen LogP contribution in [0.15, 0.2) is 11.9 Å². The van der Waals surface area contributed by atoms with E-state index in [2.05, 4.69) is 0 Å². The molecule has 1 nitrogen and oxygen atoms in total. The van der Waals surface area contributed by atoms with Crippen molar-refractivity contribution in [3.05, 3.63) is 11.9 Å². The van der Waals surface area contributed by atoms with Crippen LogP contribution < -0.4 is 0 Å². The van der Waals surface area contributed by atoms with Gasteiger partial charge in [-0.1, -0.05) is 6.92 Å². The fraction of sp³-hybridized carbons (Fsp3) is 0.400. The first-order valence-electron chi connectivity index (χ1n) is 2.05. The third-order valence-electron chi connectivity index (χ3n) is 0.559. The van der Waals surface area contributed by atoms with Crippen LogP contribution in [0.25, 0.3) is 0 Å². The zero-order chi connectivity index (χ0) is 5.70. The van der Waals surface area contributed by atoms with Crippen molar-refractivity contribution in [3.8, 4) is 6.07 Å². The minimum atomic E-state index is -0.359. The van der Waals surface area contributed by atoms with Gasteiger partial charge in [0.2, 0.25) is 0 Å². The predicted octanol–water partition coefficient (Wildman–Crippen LogP) is 1.77. The minimum absolute atomic E-state index is 0.313. The lowest BCUT2D eigenvalue weighted by atomic mass is 10.4. The average molecular weight is 99.1 g/mol. The SMILES string of the molecule is CC/C(F)=C/C#N. The van der Waals surface area contributed by atoms with E-state index in [0.29, 0.717) is 6.42 Å². The van der Waals surface area contributed by atoms with Crippen LogP contribution in [0, 0.1) is 11.3 Å². The van der Waals surface area contributed by atoms with Crippen LogP contribution in [0.2, 0.25) is 0 Å². The molecule has 0 heterocycles. The molecule has 0 radical (unpaired) electrons. The molecule has 0 amide bonds. The first-order chi connectivity index (χ1) is 3.31. The van der Waals surface area contributed by atoms with Gasteiger partial charge in [-0.3, -0.25) is 0 Å². The quantitative estimate of drug-likeness (QED) is 0.459. The van der Waals surface area contributed by atoms with Gasteiger partial charge in [-0.2, -0.15) is 5.26 Å². The third-order valence-corrected chi connectivity index (χ3v) is 0.559. The van der Waals surface area contributed by atoms with E-state index in [1.165, 1.54) is 0 Å². The van der Waals surface area contributed by atoms with E-state index < -0.39 is 0 Å². The fourth-order valence-electron chi connectivity index (χ4n) is 0.172. The lowest BCUT2D eigenvalue weighted by Gasteiger charge is -1.78. The average Bonchev–Trinajstić information content (AvgIpc) is 1.68. The normalized spacial score (nSPS) is 10.7. The molecule has 0 unspecified atom stereocenters. The van der Waals surface area contributed by atoms with Crippen LogP contribution >= 0.6 is 0 Å². The molecule has 0 fully saturated rings. The predicted molar refractivity (Wildman–Crippen MR) is 25.1 cm³/mol. The van der Waals surface area contributed by atoms with Crippen molar-refractivity contribution in [2.75, 3.05) is 0 Å². The van der Waals surface area contributed by atoms with Gasteiger partial charge in [-0.15, -0.1) is 0 Å². The van der Waals surface area contributed by atoms with E-state index in [0.717, 1.165) is 6.08 Å². The van der Waals surface area contributed by atoms with Gasteiger partial charge in [-0.25, -0.2) is 4.39 Å². The summed E-state index contributed by atoms with van der Waals surface area (Å²) >= 11 is 0. The summed E-state index contributed by atoms with van der Waals surface area (Å²) in [6, 6.07) is 1.58. The van der Waals surface area contributed by atoms with Crippen molar-refractivity contribution in [1.29, 1.82) is 5.26 Å². The molecule has 0 saturated heterocycles. The molecular formula is C5H6FN. The van der Waals surface area contributed by atoms with Crippen LogP contribution in [0.4, 0.5) is 4.39 Å². The Morgan fingerprint density at radius 1 is 2.00 bits per heavy atom. The van der Waals surface area contributed by atoms with Gasteiger partial charge in [0.15, 0.2) is 0 Å². The van der Waals surface area contributed by atoms with E-state index in [1.807, 2.05) is 0 Å². The molecule has 0 aliphatic carbocycles. The standard InChI is InChI=1S/C5H6FN/c1-2-5(6)3-4-7/h3H,2H2,1H3/b5-3-. The maximum Gasteiger partial charge on any atom is 0.110 e. The molecule has 0 N–H and O–H groups in total. The second-order valence-corrected chi connectivity index (χ2v) is 1.07. The molecule has 0 aromatic carbocycles. The zero-order valence-electron chi connectivity index (χ0n) is 4.11. The molecule has 0 bridgehead atoms. The van der Waals surface area contributed by atoms with Crippen LogP contribution in [0.3, 0.4) is 0 Å². The molecule has 0 aliphatic rings. The van der Waals surface area contributed by atoms with E-state index in [9.17, 15) is 4.39 Å². The summed E-state index contributed by atoms with van der Waals surface area (Å²) in [4.78, 5) is 0. The Kier molecular flexibility index (Phi) is 2.95. The highest BCUT2D eigenvalue weighted by atomic mass is 19.1. The Balaban J connectivity index is 3.56. The van der Waals surface area contributed by atoms with Crippen molar-refractivity contribution in [3.63, 3.8) is 0 Å². The summed E-state index contributed by atoms with van der Waals surface area (Å²) in [5.74, 6) is -0.359. The number of hydrogen-bond donors (Lipinski definition) is 0. The molecule has 0 spiro atoms. The lowest BCUT2D eigenvalue weighted by molar-refractivity contribution is 0.605. The number of nitriles is 1. The molecule has 2 heteroatoms. The van der Waals surface area contributed by atoms with Gasteiger partial charge in [0.1, 0.15) is 5.83 Å². The molecule has 0 rings (SSSR count). The maximum absolute atomic E-state index is 11.8. The third kappa shape index (κ3) is 2.98. The first kappa shape index (κ1) is 6.16. The van der Waals surface area contributed by atoms with Gasteiger partial charge in [0.25, 0.3) is 0 Å². The highest BCUT2D eigenvalue weighted by molar-refractivity contribution is 5.06. The minimum Gasteiger partial charge on any atom is -0.211 e. The molecule has 0 saturated carbocycles. The fourth-order valence-corrected chi connectivity index (χ4v) is 0.172. The first-order valence-corrected chi connectivity index (χ1v) is 2.05. The molecule has 7 heavy (non-hydrogen) atoms. The van der Waals surface area contributed by atoms with Crippen molar-refractivity contribution < 1.29 is 4.39 Å². The number of rotatable bonds is 1. The van der Waals surface area contributed by atoms with Gasteiger partial charge < -0.3 is 0 Å². The van der Waals surface area contributed by atoms with Gasteiger partial charge in [0, 0.05) is 6.08 Å². The number of allylic oxidation sites excluding steroid dienone is 2. The van der Waals surface area contributed by atoms with E-state index in [4.69, 9.17) is 5.26 Å². The summed E-state index contributed by atoms with van der Waals surface area (Å²) in [7, 11) is 0. The Morgan fingerprint density at radius 2 is 2.57 bits per heavy atom. The molecule has 38 valence electrons. The van der Waals surface area contributed by atoms with Crippen LogP contribution in [-0.4, -0.2) is 0 Å². The highest BCUT2D eigenvalue weighted by Crippen LogP contribution is 1.98. The maximum atomic E-state index is 11.8. The van der Waals surface area contributed by atoms with Crippen LogP contribution in [0.1, 0.15) is 13.3 Å². The van der Waals surface area contributed by atoms with Crippen molar-refractivity contribution in [1.82, 2.24) is 0 Å². The van der Waals surface area contributed by atoms with Crippen molar-refractivity contribution in [2.24, 2.45) is 0 Å². The molecule has 0 aliphatic heterocycles. The molecule has 0 aromatic rings. The largest absolute Gasteiger partial charge is 0.211 e. The summed E-state index contributed by atoms with van der Waals surface area (Å²) in [6.07, 6.45) is 1.22. The second-order valence-electron chi connectivity index (χ2n) is 1.07. The monoisotopic (exact) mass is 99.0 g/mol. The molecular weight excluding hydrogens is 93.1 g/mol. The van der Waals surface area contributed by atoms with Gasteiger partial charge >= 0.3 is 0 Å². The van der Waals surface area contributed by atoms with Crippen LogP contribution in [-0.2, 0) is 0 Å². The number of nitrogens with zero attached hydrogens (tertiary/aromatic N) is 1. The topological polar surface area (TPSA) is 23.8 Å². The second kappa shape index (κ2) is 3.35. The summed E-state index contributed by atoms with van der Waals surface area (Å²) in [5.41, 5.74) is 0.